The van der Waals surface area contributed by atoms with Crippen molar-refractivity contribution in [1.29, 1.82) is 0 Å². The highest BCUT2D eigenvalue weighted by atomic mass is 16.3. The summed E-state index contributed by atoms with van der Waals surface area (Å²) in [6, 6.07) is 40.3. The second-order valence-electron chi connectivity index (χ2n) is 11.3. The van der Waals surface area contributed by atoms with Crippen molar-refractivity contribution in [2.45, 2.75) is 19.3 Å². The van der Waals surface area contributed by atoms with Gasteiger partial charge in [-0.2, -0.15) is 0 Å². The van der Waals surface area contributed by atoms with Crippen molar-refractivity contribution in [3.63, 3.8) is 0 Å². The number of hydrogen-bond acceptors (Lipinski definition) is 1. The van der Waals surface area contributed by atoms with Gasteiger partial charge in [0.2, 0.25) is 0 Å². The van der Waals surface area contributed by atoms with Gasteiger partial charge in [0.25, 0.3) is 0 Å². The number of furan rings is 1. The zero-order valence-electron chi connectivity index (χ0n) is 21.3. The molecule has 0 N–H and O–H groups in total. The second kappa shape index (κ2) is 6.82. The van der Waals surface area contributed by atoms with Gasteiger partial charge in [-0.3, -0.25) is 0 Å². The standard InChI is InChI=1S/C37H24O/c1-37(2)31-18-24(25-15-12-23-11-10-21-6-5-7-22-13-17-28(25)36(23)35(21)22)14-16-26(31)29-20-34-30(19-32(29)37)27-8-3-4-9-33(27)38-34/h3-20H,1-2H3. The normalized spacial score (nSPS) is 14.3. The van der Waals surface area contributed by atoms with E-state index in [0.717, 1.165) is 11.2 Å². The van der Waals surface area contributed by atoms with Crippen LogP contribution in [0.3, 0.4) is 0 Å². The molecule has 0 amide bonds. The van der Waals surface area contributed by atoms with Gasteiger partial charge in [-0.15, -0.1) is 0 Å². The van der Waals surface area contributed by atoms with E-state index in [1.165, 1.54) is 76.5 Å². The molecule has 178 valence electrons. The van der Waals surface area contributed by atoms with Crippen LogP contribution in [0.4, 0.5) is 0 Å². The highest BCUT2D eigenvalue weighted by Crippen LogP contribution is 2.52. The summed E-state index contributed by atoms with van der Waals surface area (Å²) in [6.07, 6.45) is 0. The number of rotatable bonds is 1. The van der Waals surface area contributed by atoms with Crippen molar-refractivity contribution in [2.75, 3.05) is 0 Å². The Kier molecular flexibility index (Phi) is 3.67. The Morgan fingerprint density at radius 3 is 2.05 bits per heavy atom. The molecule has 7 aromatic carbocycles. The fourth-order valence-corrected chi connectivity index (χ4v) is 7.11. The highest BCUT2D eigenvalue weighted by molar-refractivity contribution is 6.25. The minimum atomic E-state index is -0.100. The van der Waals surface area contributed by atoms with Gasteiger partial charge in [-0.05, 0) is 90.0 Å². The fraction of sp³-hybridized carbons (Fsp3) is 0.0811. The molecule has 1 aliphatic rings. The number of benzene rings is 7. The van der Waals surface area contributed by atoms with Crippen molar-refractivity contribution in [2.24, 2.45) is 0 Å². The first-order chi connectivity index (χ1) is 18.6. The summed E-state index contributed by atoms with van der Waals surface area (Å²) in [4.78, 5) is 0. The van der Waals surface area contributed by atoms with E-state index in [0.29, 0.717) is 0 Å². The van der Waals surface area contributed by atoms with Crippen molar-refractivity contribution >= 4 is 54.3 Å². The summed E-state index contributed by atoms with van der Waals surface area (Å²) in [5.74, 6) is 0. The van der Waals surface area contributed by atoms with Crippen LogP contribution in [0, 0.1) is 0 Å². The van der Waals surface area contributed by atoms with Crippen LogP contribution in [0.2, 0.25) is 0 Å². The maximum absolute atomic E-state index is 6.26. The van der Waals surface area contributed by atoms with Crippen LogP contribution in [0.25, 0.3) is 76.5 Å². The Morgan fingerprint density at radius 1 is 0.474 bits per heavy atom. The van der Waals surface area contributed by atoms with E-state index in [1.54, 1.807) is 0 Å². The average Bonchev–Trinajstić information content (AvgIpc) is 3.42. The van der Waals surface area contributed by atoms with Crippen LogP contribution < -0.4 is 0 Å². The zero-order valence-corrected chi connectivity index (χ0v) is 21.3. The molecule has 1 aromatic heterocycles. The second-order valence-corrected chi connectivity index (χ2v) is 11.3. The van der Waals surface area contributed by atoms with Gasteiger partial charge < -0.3 is 4.42 Å². The molecule has 1 aliphatic carbocycles. The first kappa shape index (κ1) is 20.4. The lowest BCUT2D eigenvalue weighted by atomic mass is 9.81. The quantitative estimate of drug-likeness (QED) is 0.211. The lowest BCUT2D eigenvalue weighted by Crippen LogP contribution is -2.15. The van der Waals surface area contributed by atoms with E-state index in [-0.39, 0.29) is 5.41 Å². The summed E-state index contributed by atoms with van der Waals surface area (Å²) >= 11 is 0. The van der Waals surface area contributed by atoms with Crippen molar-refractivity contribution in [3.05, 3.63) is 120 Å². The third kappa shape index (κ3) is 2.47. The lowest BCUT2D eigenvalue weighted by molar-refractivity contribution is 0.658. The summed E-state index contributed by atoms with van der Waals surface area (Å²) in [6.45, 7) is 4.72. The largest absolute Gasteiger partial charge is 0.456 e. The van der Waals surface area contributed by atoms with Gasteiger partial charge in [0.1, 0.15) is 11.2 Å². The van der Waals surface area contributed by atoms with Crippen molar-refractivity contribution in [1.82, 2.24) is 0 Å². The molecule has 0 aliphatic heterocycles. The zero-order chi connectivity index (χ0) is 25.2. The molecule has 38 heavy (non-hydrogen) atoms. The van der Waals surface area contributed by atoms with Crippen LogP contribution in [-0.4, -0.2) is 0 Å². The summed E-state index contributed by atoms with van der Waals surface area (Å²) in [5, 5.41) is 10.4. The lowest BCUT2D eigenvalue weighted by Gasteiger charge is -2.22. The summed E-state index contributed by atoms with van der Waals surface area (Å²) in [7, 11) is 0. The van der Waals surface area contributed by atoms with E-state index in [1.807, 2.05) is 6.07 Å². The first-order valence-corrected chi connectivity index (χ1v) is 13.4. The van der Waals surface area contributed by atoms with Gasteiger partial charge in [-0.25, -0.2) is 0 Å². The van der Waals surface area contributed by atoms with E-state index in [2.05, 4.69) is 117 Å². The average molecular weight is 485 g/mol. The highest BCUT2D eigenvalue weighted by Gasteiger charge is 2.36. The molecule has 0 atom stereocenters. The topological polar surface area (TPSA) is 13.1 Å². The predicted molar refractivity (Wildman–Crippen MR) is 160 cm³/mol. The maximum atomic E-state index is 6.26. The fourth-order valence-electron chi connectivity index (χ4n) is 7.11. The Hall–Kier alpha value is -4.62. The molecule has 0 saturated carbocycles. The predicted octanol–water partition coefficient (Wildman–Crippen LogP) is 10.5. The first-order valence-electron chi connectivity index (χ1n) is 13.4. The van der Waals surface area contributed by atoms with Crippen molar-refractivity contribution in [3.8, 4) is 22.3 Å². The molecular formula is C37H24O. The van der Waals surface area contributed by atoms with E-state index in [9.17, 15) is 0 Å². The molecule has 1 heteroatoms. The van der Waals surface area contributed by atoms with E-state index >= 15 is 0 Å². The minimum absolute atomic E-state index is 0.100. The van der Waals surface area contributed by atoms with Crippen LogP contribution in [0.1, 0.15) is 25.0 Å². The number of hydrogen-bond donors (Lipinski definition) is 0. The Balaban J connectivity index is 1.28. The molecule has 0 fully saturated rings. The van der Waals surface area contributed by atoms with Gasteiger partial charge >= 0.3 is 0 Å². The molecule has 9 rings (SSSR count). The number of para-hydroxylation sites is 1. The molecule has 0 unspecified atom stereocenters. The third-order valence-electron chi connectivity index (χ3n) is 9.01. The maximum Gasteiger partial charge on any atom is 0.136 e. The third-order valence-corrected chi connectivity index (χ3v) is 9.01. The Bertz CT molecular complexity index is 2240. The molecule has 1 nitrogen and oxygen atoms in total. The van der Waals surface area contributed by atoms with E-state index < -0.39 is 0 Å². The smallest absolute Gasteiger partial charge is 0.136 e. The molecule has 8 aromatic rings. The molecule has 0 radical (unpaired) electrons. The monoisotopic (exact) mass is 484 g/mol. The van der Waals surface area contributed by atoms with Crippen LogP contribution >= 0.6 is 0 Å². The van der Waals surface area contributed by atoms with Crippen molar-refractivity contribution < 1.29 is 4.42 Å². The molecule has 0 bridgehead atoms. The van der Waals surface area contributed by atoms with Crippen LogP contribution in [0.15, 0.2) is 114 Å². The van der Waals surface area contributed by atoms with Gasteiger partial charge in [-0.1, -0.05) is 98.8 Å². The van der Waals surface area contributed by atoms with Crippen LogP contribution in [0.5, 0.6) is 0 Å². The molecular weight excluding hydrogens is 460 g/mol. The van der Waals surface area contributed by atoms with Crippen LogP contribution in [-0.2, 0) is 5.41 Å². The number of fused-ring (bicyclic) bond motifs is 6. The van der Waals surface area contributed by atoms with E-state index in [4.69, 9.17) is 4.42 Å². The molecule has 0 saturated heterocycles. The minimum Gasteiger partial charge on any atom is -0.456 e. The van der Waals surface area contributed by atoms with Gasteiger partial charge in [0, 0.05) is 16.2 Å². The van der Waals surface area contributed by atoms with Gasteiger partial charge in [0.15, 0.2) is 0 Å². The SMILES string of the molecule is CC1(C)c2cc(-c3ccc4ccc5cccc6ccc3c4c56)ccc2-c2cc3oc4ccccc4c3cc21. The summed E-state index contributed by atoms with van der Waals surface area (Å²) < 4.78 is 6.26. The Morgan fingerprint density at radius 2 is 1.18 bits per heavy atom. The molecule has 1 heterocycles. The molecule has 0 spiro atoms. The Labute approximate surface area is 220 Å². The summed E-state index contributed by atoms with van der Waals surface area (Å²) in [5.41, 5.74) is 9.75. The van der Waals surface area contributed by atoms with Gasteiger partial charge in [0.05, 0.1) is 0 Å².